The highest BCUT2D eigenvalue weighted by atomic mass is 16.2. The Morgan fingerprint density at radius 1 is 1.12 bits per heavy atom. The maximum Gasteiger partial charge on any atom is 0.255 e. The van der Waals surface area contributed by atoms with Crippen LogP contribution >= 0.6 is 0 Å². The molecule has 25 heavy (non-hydrogen) atoms. The molecule has 1 aromatic carbocycles. The molecule has 134 valence electrons. The van der Waals surface area contributed by atoms with Gasteiger partial charge in [-0.25, -0.2) is 4.98 Å². The van der Waals surface area contributed by atoms with Crippen molar-refractivity contribution in [3.05, 3.63) is 59.8 Å². The Bertz CT molecular complexity index is 638. The summed E-state index contributed by atoms with van der Waals surface area (Å²) < 4.78 is 0. The van der Waals surface area contributed by atoms with E-state index in [0.717, 1.165) is 24.3 Å². The number of nitrogens with zero attached hydrogens (tertiary/aromatic N) is 2. The Morgan fingerprint density at radius 3 is 2.48 bits per heavy atom. The smallest absolute Gasteiger partial charge is 0.255 e. The fourth-order valence-corrected chi connectivity index (χ4v) is 2.65. The number of pyridine rings is 1. The molecule has 2 rings (SSSR count). The second-order valence-electron chi connectivity index (χ2n) is 6.58. The van der Waals surface area contributed by atoms with Gasteiger partial charge in [0.2, 0.25) is 0 Å². The number of carbonyl (C=O) groups is 1. The highest BCUT2D eigenvalue weighted by molar-refractivity contribution is 5.94. The predicted octanol–water partition coefficient (Wildman–Crippen LogP) is 4.73. The molecule has 0 radical (unpaired) electrons. The molecule has 0 aliphatic carbocycles. The summed E-state index contributed by atoms with van der Waals surface area (Å²) in [5, 5.41) is 3.30. The van der Waals surface area contributed by atoms with Gasteiger partial charge in [-0.05, 0) is 38.0 Å². The lowest BCUT2D eigenvalue weighted by molar-refractivity contribution is 0.0690. The minimum Gasteiger partial charge on any atom is -0.370 e. The van der Waals surface area contributed by atoms with Crippen LogP contribution in [-0.4, -0.2) is 28.4 Å². The van der Waals surface area contributed by atoms with Crippen LogP contribution < -0.4 is 5.32 Å². The molecule has 0 fully saturated rings. The third-order valence-electron chi connectivity index (χ3n) is 4.18. The highest BCUT2D eigenvalue weighted by Crippen LogP contribution is 2.14. The van der Waals surface area contributed by atoms with Crippen molar-refractivity contribution in [1.82, 2.24) is 9.88 Å². The zero-order chi connectivity index (χ0) is 18.1. The van der Waals surface area contributed by atoms with Gasteiger partial charge in [0.1, 0.15) is 5.82 Å². The van der Waals surface area contributed by atoms with E-state index >= 15 is 0 Å². The number of hydrogen-bond donors (Lipinski definition) is 1. The third-order valence-corrected chi connectivity index (χ3v) is 4.18. The van der Waals surface area contributed by atoms with E-state index in [9.17, 15) is 4.79 Å². The molecule has 1 heterocycles. The summed E-state index contributed by atoms with van der Waals surface area (Å²) in [6.07, 6.45) is 5.23. The molecule has 0 spiro atoms. The molecule has 0 saturated carbocycles. The summed E-state index contributed by atoms with van der Waals surface area (Å²) in [6.45, 7) is 7.79. The molecule has 4 nitrogen and oxygen atoms in total. The lowest BCUT2D eigenvalue weighted by Crippen LogP contribution is -2.36. The first kappa shape index (κ1) is 19.0. The van der Waals surface area contributed by atoms with Gasteiger partial charge in [0, 0.05) is 25.3 Å². The van der Waals surface area contributed by atoms with Crippen molar-refractivity contribution < 1.29 is 4.79 Å². The Balaban J connectivity index is 2.01. The first-order valence-electron chi connectivity index (χ1n) is 9.16. The van der Waals surface area contributed by atoms with E-state index in [0.29, 0.717) is 12.1 Å². The van der Waals surface area contributed by atoms with Crippen molar-refractivity contribution in [2.75, 3.05) is 11.9 Å². The molecular formula is C21H29N3O. The molecule has 0 unspecified atom stereocenters. The van der Waals surface area contributed by atoms with Crippen LogP contribution in [0.25, 0.3) is 0 Å². The zero-order valence-electron chi connectivity index (χ0n) is 15.5. The van der Waals surface area contributed by atoms with Crippen LogP contribution in [0.2, 0.25) is 0 Å². The molecule has 2 aromatic rings. The van der Waals surface area contributed by atoms with Gasteiger partial charge >= 0.3 is 0 Å². The first-order chi connectivity index (χ1) is 12.1. The molecule has 0 atom stereocenters. The van der Waals surface area contributed by atoms with Gasteiger partial charge in [-0.15, -0.1) is 0 Å². The molecule has 0 aliphatic rings. The average molecular weight is 339 g/mol. The lowest BCUT2D eigenvalue weighted by Gasteiger charge is -2.27. The van der Waals surface area contributed by atoms with Crippen molar-refractivity contribution in [3.8, 4) is 0 Å². The summed E-state index contributed by atoms with van der Waals surface area (Å²) in [7, 11) is 0. The van der Waals surface area contributed by atoms with Crippen LogP contribution in [0.15, 0.2) is 48.7 Å². The number of hydrogen-bond acceptors (Lipinski definition) is 3. The summed E-state index contributed by atoms with van der Waals surface area (Å²) in [5.41, 5.74) is 1.76. The quantitative estimate of drug-likeness (QED) is 0.672. The molecule has 0 saturated heterocycles. The van der Waals surface area contributed by atoms with Gasteiger partial charge in [-0.1, -0.05) is 50.1 Å². The topological polar surface area (TPSA) is 45.2 Å². The molecule has 4 heteroatoms. The van der Waals surface area contributed by atoms with Crippen molar-refractivity contribution in [2.45, 2.75) is 52.6 Å². The Morgan fingerprint density at radius 2 is 1.88 bits per heavy atom. The van der Waals surface area contributed by atoms with E-state index < -0.39 is 0 Å². The number of benzene rings is 1. The van der Waals surface area contributed by atoms with Crippen molar-refractivity contribution in [3.63, 3.8) is 0 Å². The SMILES string of the molecule is CCCCCNc1ccc(C(=O)N(Cc2ccccc2)C(C)C)cn1. The van der Waals surface area contributed by atoms with Crippen LogP contribution in [0.1, 0.15) is 56.0 Å². The molecule has 1 aromatic heterocycles. The number of carbonyl (C=O) groups excluding carboxylic acids is 1. The van der Waals surface area contributed by atoms with Crippen molar-refractivity contribution in [1.29, 1.82) is 0 Å². The highest BCUT2D eigenvalue weighted by Gasteiger charge is 2.19. The fourth-order valence-electron chi connectivity index (χ4n) is 2.65. The summed E-state index contributed by atoms with van der Waals surface area (Å²) in [4.78, 5) is 19.1. The van der Waals surface area contributed by atoms with Gasteiger partial charge in [-0.2, -0.15) is 0 Å². The van der Waals surface area contributed by atoms with Crippen LogP contribution in [-0.2, 0) is 6.54 Å². The average Bonchev–Trinajstić information content (AvgIpc) is 2.64. The van der Waals surface area contributed by atoms with Crippen LogP contribution in [0.5, 0.6) is 0 Å². The minimum absolute atomic E-state index is 0.0175. The maximum atomic E-state index is 12.9. The summed E-state index contributed by atoms with van der Waals surface area (Å²) in [5.74, 6) is 0.843. The standard InChI is InChI=1S/C21H29N3O/c1-4-5-9-14-22-20-13-12-19(15-23-20)21(25)24(17(2)3)16-18-10-7-6-8-11-18/h6-8,10-13,15,17H,4-5,9,14,16H2,1-3H3,(H,22,23). The molecule has 0 aliphatic heterocycles. The summed E-state index contributed by atoms with van der Waals surface area (Å²) in [6, 6.07) is 13.9. The van der Waals surface area contributed by atoms with Gasteiger partial charge in [0.15, 0.2) is 0 Å². The fraction of sp³-hybridized carbons (Fsp3) is 0.429. The predicted molar refractivity (Wildman–Crippen MR) is 104 cm³/mol. The second kappa shape index (κ2) is 9.82. The Kier molecular flexibility index (Phi) is 7.45. The largest absolute Gasteiger partial charge is 0.370 e. The van der Waals surface area contributed by atoms with Crippen molar-refractivity contribution in [2.24, 2.45) is 0 Å². The van der Waals surface area contributed by atoms with Gasteiger partial charge in [0.05, 0.1) is 5.56 Å². The molecular weight excluding hydrogens is 310 g/mol. The zero-order valence-corrected chi connectivity index (χ0v) is 15.5. The maximum absolute atomic E-state index is 12.9. The molecule has 1 amide bonds. The monoisotopic (exact) mass is 339 g/mol. The minimum atomic E-state index is 0.0175. The van der Waals surface area contributed by atoms with E-state index in [1.165, 1.54) is 12.8 Å². The number of aromatic nitrogens is 1. The van der Waals surface area contributed by atoms with Crippen LogP contribution in [0, 0.1) is 0 Å². The molecule has 0 bridgehead atoms. The van der Waals surface area contributed by atoms with Crippen LogP contribution in [0.4, 0.5) is 5.82 Å². The van der Waals surface area contributed by atoms with Crippen molar-refractivity contribution >= 4 is 11.7 Å². The number of amides is 1. The number of unbranched alkanes of at least 4 members (excludes halogenated alkanes) is 2. The van der Waals surface area contributed by atoms with Gasteiger partial charge < -0.3 is 10.2 Å². The van der Waals surface area contributed by atoms with E-state index in [2.05, 4.69) is 17.2 Å². The van der Waals surface area contributed by atoms with E-state index in [-0.39, 0.29) is 11.9 Å². The van der Waals surface area contributed by atoms with E-state index in [1.54, 1.807) is 6.20 Å². The third kappa shape index (κ3) is 5.89. The number of rotatable bonds is 9. The van der Waals surface area contributed by atoms with Gasteiger partial charge in [0.25, 0.3) is 5.91 Å². The van der Waals surface area contributed by atoms with E-state index in [1.807, 2.05) is 61.2 Å². The van der Waals surface area contributed by atoms with Gasteiger partial charge in [-0.3, -0.25) is 4.79 Å². The molecule has 1 N–H and O–H groups in total. The second-order valence-corrected chi connectivity index (χ2v) is 6.58. The van der Waals surface area contributed by atoms with Crippen LogP contribution in [0.3, 0.4) is 0 Å². The Hall–Kier alpha value is -2.36. The normalized spacial score (nSPS) is 10.7. The first-order valence-corrected chi connectivity index (χ1v) is 9.16. The van der Waals surface area contributed by atoms with E-state index in [4.69, 9.17) is 0 Å². The summed E-state index contributed by atoms with van der Waals surface area (Å²) >= 11 is 0. The Labute approximate surface area is 151 Å². The number of anilines is 1. The number of nitrogens with one attached hydrogen (secondary N) is 1. The lowest BCUT2D eigenvalue weighted by atomic mass is 10.1.